The van der Waals surface area contributed by atoms with Crippen molar-refractivity contribution in [2.75, 3.05) is 9.80 Å². The van der Waals surface area contributed by atoms with Crippen molar-refractivity contribution in [3.8, 4) is 33.9 Å². The molecular weight excluding hydrogens is 748 g/mol. The van der Waals surface area contributed by atoms with Crippen molar-refractivity contribution in [2.24, 2.45) is 0 Å². The van der Waals surface area contributed by atoms with Crippen molar-refractivity contribution in [3.63, 3.8) is 0 Å². The quantitative estimate of drug-likeness (QED) is 0.146. The fourth-order valence-electron chi connectivity index (χ4n) is 7.60. The van der Waals surface area contributed by atoms with E-state index in [9.17, 15) is 0 Å². The number of hydrogen-bond acceptors (Lipinski definition) is 5. The maximum absolute atomic E-state index is 6.68. The van der Waals surface area contributed by atoms with Gasteiger partial charge in [0.15, 0.2) is 5.82 Å². The molecule has 0 saturated carbocycles. The van der Waals surface area contributed by atoms with Crippen molar-refractivity contribution < 1.29 is 0 Å². The van der Waals surface area contributed by atoms with E-state index < -0.39 is 0 Å². The van der Waals surface area contributed by atoms with Crippen molar-refractivity contribution in [1.29, 1.82) is 0 Å². The lowest BCUT2D eigenvalue weighted by atomic mass is 10.1. The Morgan fingerprint density at radius 1 is 0.379 bits per heavy atom. The molecule has 2 heterocycles. The highest BCUT2D eigenvalue weighted by molar-refractivity contribution is 7.26. The molecule has 0 aliphatic carbocycles. The number of benzene rings is 8. The third kappa shape index (κ3) is 6.87. The van der Waals surface area contributed by atoms with Crippen LogP contribution in [0.4, 0.5) is 34.1 Å². The Balaban J connectivity index is 1.09. The lowest BCUT2D eigenvalue weighted by Crippen LogP contribution is -2.13. The van der Waals surface area contributed by atoms with E-state index in [0.29, 0.717) is 10.8 Å². The first-order valence-electron chi connectivity index (χ1n) is 19.2. The fraction of sp³-hybridized carbons (Fsp3) is 0. The normalized spacial score (nSPS) is 11.2. The first kappa shape index (κ1) is 35.4. The second-order valence-corrected chi connectivity index (χ2v) is 15.5. The van der Waals surface area contributed by atoms with Crippen molar-refractivity contribution in [2.45, 2.75) is 0 Å². The number of hydrogen-bond donors (Lipinski definition) is 0. The molecule has 0 bridgehead atoms. The van der Waals surface area contributed by atoms with Crippen molar-refractivity contribution >= 4 is 77.2 Å². The third-order valence-electron chi connectivity index (χ3n) is 10.3. The molecule has 58 heavy (non-hydrogen) atoms. The monoisotopic (exact) mass is 782 g/mol. The summed E-state index contributed by atoms with van der Waals surface area (Å²) in [4.78, 5) is 14.8. The molecule has 4 nitrogen and oxygen atoms in total. The van der Waals surface area contributed by atoms with Crippen LogP contribution in [0.5, 0.6) is 0 Å². The molecule has 0 unspecified atom stereocenters. The van der Waals surface area contributed by atoms with Crippen LogP contribution in [-0.2, 0) is 0 Å². The number of nitrogens with zero attached hydrogens (tertiary/aromatic N) is 4. The van der Waals surface area contributed by atoms with E-state index in [-0.39, 0.29) is 0 Å². The highest BCUT2D eigenvalue weighted by Gasteiger charge is 2.21. The van der Waals surface area contributed by atoms with Gasteiger partial charge in [0.2, 0.25) is 0 Å². The summed E-state index contributed by atoms with van der Waals surface area (Å²) < 4.78 is 2.52. The Hall–Kier alpha value is -7.05. The Morgan fingerprint density at radius 3 is 1.57 bits per heavy atom. The van der Waals surface area contributed by atoms with E-state index in [1.165, 1.54) is 20.2 Å². The first-order valence-corrected chi connectivity index (χ1v) is 20.4. The number of thiophene rings is 1. The van der Waals surface area contributed by atoms with Crippen LogP contribution >= 0.6 is 22.9 Å². The number of fused-ring (bicyclic) bond motifs is 3. The number of para-hydroxylation sites is 1. The van der Waals surface area contributed by atoms with Crippen LogP contribution in [-0.4, -0.2) is 9.97 Å². The van der Waals surface area contributed by atoms with Crippen LogP contribution in [0.1, 0.15) is 0 Å². The van der Waals surface area contributed by atoms with Gasteiger partial charge in [-0.25, -0.2) is 9.97 Å². The Labute approximate surface area is 346 Å². The molecular formula is C52H35ClN4S. The molecule has 10 aromatic rings. The molecule has 0 atom stereocenters. The second-order valence-electron chi connectivity index (χ2n) is 14.0. The molecule has 0 N–H and O–H groups in total. The van der Waals surface area contributed by atoms with Gasteiger partial charge in [0.25, 0.3) is 0 Å². The van der Waals surface area contributed by atoms with E-state index >= 15 is 0 Å². The van der Waals surface area contributed by atoms with E-state index in [4.69, 9.17) is 21.6 Å². The lowest BCUT2D eigenvalue weighted by Gasteiger charge is -2.29. The first-order chi connectivity index (χ1) is 28.7. The molecule has 276 valence electrons. The molecule has 2 aromatic heterocycles. The summed E-state index contributed by atoms with van der Waals surface area (Å²) in [6, 6.07) is 73.7. The average Bonchev–Trinajstić information content (AvgIpc) is 3.68. The predicted octanol–water partition coefficient (Wildman–Crippen LogP) is 15.4. The Bertz CT molecular complexity index is 2960. The maximum atomic E-state index is 6.68. The minimum atomic E-state index is 0.664. The van der Waals surface area contributed by atoms with Gasteiger partial charge < -0.3 is 9.80 Å². The highest BCUT2D eigenvalue weighted by Crippen LogP contribution is 2.46. The number of rotatable bonds is 9. The fourth-order valence-corrected chi connectivity index (χ4v) is 8.99. The Morgan fingerprint density at radius 2 is 0.897 bits per heavy atom. The van der Waals surface area contributed by atoms with Crippen molar-refractivity contribution in [3.05, 3.63) is 217 Å². The van der Waals surface area contributed by atoms with Crippen LogP contribution in [0.2, 0.25) is 5.02 Å². The molecule has 0 spiro atoms. The van der Waals surface area contributed by atoms with Gasteiger partial charge in [-0.1, -0.05) is 133 Å². The molecule has 8 aromatic carbocycles. The van der Waals surface area contributed by atoms with Crippen LogP contribution in [0.3, 0.4) is 0 Å². The topological polar surface area (TPSA) is 32.3 Å². The third-order valence-corrected chi connectivity index (χ3v) is 11.7. The largest absolute Gasteiger partial charge is 0.310 e. The minimum absolute atomic E-state index is 0.664. The SMILES string of the molecule is Clc1cccc(N(c2ccc(-c3nc(-c4ccccc4)cc(-c4ccccc4)n3)cc2)c2cccc(N(c3ccccc3)c3cccc4c3sc3ccccc34)c2)c1. The van der Waals surface area contributed by atoms with Gasteiger partial charge in [-0.2, -0.15) is 0 Å². The van der Waals surface area contributed by atoms with Gasteiger partial charge in [-0.05, 0) is 91.0 Å². The van der Waals surface area contributed by atoms with Crippen LogP contribution in [0.15, 0.2) is 212 Å². The number of anilines is 6. The van der Waals surface area contributed by atoms with E-state index in [0.717, 1.165) is 62.2 Å². The summed E-state index contributed by atoms with van der Waals surface area (Å²) in [5, 5.41) is 3.19. The zero-order valence-corrected chi connectivity index (χ0v) is 32.9. The predicted molar refractivity (Wildman–Crippen MR) is 246 cm³/mol. The molecule has 10 rings (SSSR count). The summed E-state index contributed by atoms with van der Waals surface area (Å²) >= 11 is 8.51. The molecule has 0 fully saturated rings. The summed E-state index contributed by atoms with van der Waals surface area (Å²) in [5.74, 6) is 0.664. The highest BCUT2D eigenvalue weighted by atomic mass is 35.5. The molecule has 6 heteroatoms. The average molecular weight is 783 g/mol. The minimum Gasteiger partial charge on any atom is -0.310 e. The summed E-state index contributed by atoms with van der Waals surface area (Å²) in [7, 11) is 0. The summed E-state index contributed by atoms with van der Waals surface area (Å²) in [6.07, 6.45) is 0. The summed E-state index contributed by atoms with van der Waals surface area (Å²) in [6.45, 7) is 0. The second kappa shape index (κ2) is 15.5. The van der Waals surface area contributed by atoms with Gasteiger partial charge in [0.05, 0.1) is 21.8 Å². The number of halogens is 1. The van der Waals surface area contributed by atoms with Crippen LogP contribution in [0, 0.1) is 0 Å². The smallest absolute Gasteiger partial charge is 0.160 e. The van der Waals surface area contributed by atoms with E-state index in [2.05, 4.69) is 168 Å². The van der Waals surface area contributed by atoms with Crippen molar-refractivity contribution in [1.82, 2.24) is 9.97 Å². The molecule has 0 aliphatic rings. The molecule has 0 amide bonds. The van der Waals surface area contributed by atoms with Crippen LogP contribution < -0.4 is 9.80 Å². The zero-order chi connectivity index (χ0) is 38.8. The van der Waals surface area contributed by atoms with Gasteiger partial charge in [-0.15, -0.1) is 11.3 Å². The zero-order valence-electron chi connectivity index (χ0n) is 31.3. The van der Waals surface area contributed by atoms with Gasteiger partial charge in [0.1, 0.15) is 0 Å². The van der Waals surface area contributed by atoms with Gasteiger partial charge >= 0.3 is 0 Å². The molecule has 0 radical (unpaired) electrons. The number of aromatic nitrogens is 2. The van der Waals surface area contributed by atoms with E-state index in [1.54, 1.807) is 0 Å². The molecule has 0 saturated heterocycles. The standard InChI is InChI=1S/C52H35ClN4S/c53-39-19-12-22-42(33-39)56(41-31-29-38(30-32-41)52-54-47(36-15-4-1-5-16-36)35-48(55-52)37-17-6-2-7-18-37)43-23-13-24-44(34-43)57(40-20-8-3-9-21-40)49-27-14-26-46-45-25-10-11-28-50(45)58-51(46)49/h1-35H. The maximum Gasteiger partial charge on any atom is 0.160 e. The van der Waals surface area contributed by atoms with Crippen LogP contribution in [0.25, 0.3) is 54.1 Å². The van der Waals surface area contributed by atoms with Gasteiger partial charge in [0, 0.05) is 65.6 Å². The molecule has 0 aliphatic heterocycles. The Kier molecular flexibility index (Phi) is 9.44. The lowest BCUT2D eigenvalue weighted by molar-refractivity contribution is 1.18. The van der Waals surface area contributed by atoms with E-state index in [1.807, 2.05) is 65.9 Å². The van der Waals surface area contributed by atoms with Gasteiger partial charge in [-0.3, -0.25) is 0 Å². The summed E-state index contributed by atoms with van der Waals surface area (Å²) in [5.41, 5.74) is 10.9.